The molecule has 1 fully saturated rings. The fourth-order valence-electron chi connectivity index (χ4n) is 5.56. The van der Waals surface area contributed by atoms with Crippen LogP contribution in [-0.4, -0.2) is 27.7 Å². The van der Waals surface area contributed by atoms with Crippen LogP contribution in [-0.2, 0) is 19.7 Å². The zero-order valence-corrected chi connectivity index (χ0v) is 17.9. The second-order valence-corrected chi connectivity index (χ2v) is 9.17. The van der Waals surface area contributed by atoms with Gasteiger partial charge >= 0.3 is 0 Å². The molecule has 5 heteroatoms. The lowest BCUT2D eigenvalue weighted by Gasteiger charge is -2.42. The van der Waals surface area contributed by atoms with Crippen LogP contribution in [0.1, 0.15) is 29.6 Å². The van der Waals surface area contributed by atoms with Gasteiger partial charge in [-0.25, -0.2) is 0 Å². The van der Waals surface area contributed by atoms with Crippen LogP contribution in [0.15, 0.2) is 75.9 Å². The lowest BCUT2D eigenvalue weighted by atomic mass is 9.82. The smallest absolute Gasteiger partial charge is 0.258 e. The summed E-state index contributed by atoms with van der Waals surface area (Å²) in [6, 6.07) is 22.5. The summed E-state index contributed by atoms with van der Waals surface area (Å²) in [4.78, 5) is 15.9. The highest BCUT2D eigenvalue weighted by Gasteiger charge is 2.35. The normalized spacial score (nSPS) is 20.4. The molecule has 0 amide bonds. The summed E-state index contributed by atoms with van der Waals surface area (Å²) in [5, 5.41) is 11.6. The summed E-state index contributed by atoms with van der Waals surface area (Å²) in [6.45, 7) is 3.31. The number of aliphatic hydroxyl groups is 1. The maximum atomic E-state index is 13.5. The first-order chi connectivity index (χ1) is 15.7. The minimum Gasteiger partial charge on any atom is -0.462 e. The van der Waals surface area contributed by atoms with Crippen molar-refractivity contribution in [1.29, 1.82) is 0 Å². The number of benzene rings is 2. The SMILES string of the molecule is O=c1c(-c2ccc3ccccc3c2)ccc2n1CC1CC2CN(Cc2ccc(CO)o2)C1. The third-order valence-corrected chi connectivity index (χ3v) is 6.99. The molecular formula is C27H26N2O3. The molecule has 162 valence electrons. The Hall–Kier alpha value is -3.15. The molecular weight excluding hydrogens is 400 g/mol. The van der Waals surface area contributed by atoms with Crippen molar-refractivity contribution < 1.29 is 9.52 Å². The monoisotopic (exact) mass is 426 g/mol. The van der Waals surface area contributed by atoms with Gasteiger partial charge in [0.1, 0.15) is 18.1 Å². The molecule has 5 nitrogen and oxygen atoms in total. The average Bonchev–Trinajstić information content (AvgIpc) is 3.27. The van der Waals surface area contributed by atoms with Gasteiger partial charge in [0.15, 0.2) is 0 Å². The minimum atomic E-state index is -0.0684. The van der Waals surface area contributed by atoms with Crippen molar-refractivity contribution in [3.05, 3.63) is 94.3 Å². The van der Waals surface area contributed by atoms with E-state index >= 15 is 0 Å². The molecule has 2 bridgehead atoms. The van der Waals surface area contributed by atoms with Crippen LogP contribution in [0.2, 0.25) is 0 Å². The van der Waals surface area contributed by atoms with Crippen molar-refractivity contribution in [3.8, 4) is 11.1 Å². The molecule has 2 unspecified atom stereocenters. The molecule has 0 saturated carbocycles. The van der Waals surface area contributed by atoms with Gasteiger partial charge in [-0.2, -0.15) is 0 Å². The predicted octanol–water partition coefficient (Wildman–Crippen LogP) is 4.37. The quantitative estimate of drug-likeness (QED) is 0.526. The van der Waals surface area contributed by atoms with Crippen LogP contribution in [0.4, 0.5) is 0 Å². The van der Waals surface area contributed by atoms with Crippen LogP contribution in [0.3, 0.4) is 0 Å². The van der Waals surface area contributed by atoms with Gasteiger partial charge in [0, 0.05) is 36.8 Å². The number of piperidine rings is 1. The van der Waals surface area contributed by atoms with Gasteiger partial charge in [0.2, 0.25) is 0 Å². The minimum absolute atomic E-state index is 0.0684. The van der Waals surface area contributed by atoms with E-state index in [2.05, 4.69) is 41.3 Å². The van der Waals surface area contributed by atoms with Crippen molar-refractivity contribution in [2.45, 2.75) is 32.0 Å². The van der Waals surface area contributed by atoms with Gasteiger partial charge in [-0.15, -0.1) is 0 Å². The zero-order valence-electron chi connectivity index (χ0n) is 17.9. The number of furan rings is 1. The van der Waals surface area contributed by atoms with Crippen LogP contribution in [0.25, 0.3) is 21.9 Å². The Kier molecular flexibility index (Phi) is 4.74. The first-order valence-corrected chi connectivity index (χ1v) is 11.3. The second-order valence-electron chi connectivity index (χ2n) is 9.17. The molecule has 6 rings (SSSR count). The highest BCUT2D eigenvalue weighted by molar-refractivity contribution is 5.87. The Morgan fingerprint density at radius 3 is 2.59 bits per heavy atom. The number of rotatable bonds is 4. The molecule has 2 aromatic carbocycles. The first-order valence-electron chi connectivity index (χ1n) is 11.3. The summed E-state index contributed by atoms with van der Waals surface area (Å²) in [5.41, 5.74) is 3.04. The number of pyridine rings is 1. The summed E-state index contributed by atoms with van der Waals surface area (Å²) in [5.74, 6) is 2.31. The lowest BCUT2D eigenvalue weighted by Crippen LogP contribution is -2.46. The second kappa shape index (κ2) is 7.76. The summed E-state index contributed by atoms with van der Waals surface area (Å²) in [7, 11) is 0. The largest absolute Gasteiger partial charge is 0.462 e. The van der Waals surface area contributed by atoms with Gasteiger partial charge in [0.25, 0.3) is 5.56 Å². The highest BCUT2D eigenvalue weighted by atomic mass is 16.4. The molecule has 0 spiro atoms. The van der Waals surface area contributed by atoms with Crippen LogP contribution in [0, 0.1) is 5.92 Å². The Labute approximate surface area is 186 Å². The lowest BCUT2D eigenvalue weighted by molar-refractivity contribution is 0.106. The number of hydrogen-bond donors (Lipinski definition) is 1. The first kappa shape index (κ1) is 19.5. The van der Waals surface area contributed by atoms with Crippen LogP contribution < -0.4 is 5.56 Å². The molecule has 4 aromatic rings. The molecule has 4 heterocycles. The summed E-state index contributed by atoms with van der Waals surface area (Å²) in [6.07, 6.45) is 1.13. The van der Waals surface area contributed by atoms with Crippen LogP contribution in [0.5, 0.6) is 0 Å². The van der Waals surface area contributed by atoms with Crippen molar-refractivity contribution in [3.63, 3.8) is 0 Å². The van der Waals surface area contributed by atoms with E-state index < -0.39 is 0 Å². The Morgan fingerprint density at radius 2 is 1.75 bits per heavy atom. The molecule has 0 aliphatic carbocycles. The molecule has 2 atom stereocenters. The molecule has 1 N–H and O–H groups in total. The van der Waals surface area contributed by atoms with Crippen LogP contribution >= 0.6 is 0 Å². The number of fused-ring (bicyclic) bond motifs is 5. The van der Waals surface area contributed by atoms with E-state index in [-0.39, 0.29) is 12.2 Å². The Bertz CT molecular complexity index is 1350. The van der Waals surface area contributed by atoms with Gasteiger partial charge in [-0.05, 0) is 59.0 Å². The van der Waals surface area contributed by atoms with E-state index in [0.717, 1.165) is 60.6 Å². The van der Waals surface area contributed by atoms with E-state index in [1.54, 1.807) is 0 Å². The topological polar surface area (TPSA) is 58.6 Å². The molecule has 32 heavy (non-hydrogen) atoms. The predicted molar refractivity (Wildman–Crippen MR) is 124 cm³/mol. The zero-order chi connectivity index (χ0) is 21.7. The number of likely N-dealkylation sites (tertiary alicyclic amines) is 1. The van der Waals surface area contributed by atoms with Gasteiger partial charge in [-0.1, -0.05) is 36.4 Å². The Balaban J connectivity index is 1.30. The van der Waals surface area contributed by atoms with Gasteiger partial charge in [0.05, 0.1) is 6.54 Å². The number of aliphatic hydroxyl groups excluding tert-OH is 1. The van der Waals surface area contributed by atoms with E-state index in [1.807, 2.05) is 34.9 Å². The van der Waals surface area contributed by atoms with E-state index in [1.165, 1.54) is 5.39 Å². The standard InChI is InChI=1S/C27H26N2O3/c30-17-24-8-7-23(32-24)16-28-13-18-11-22(15-28)26-10-9-25(27(31)29(26)14-18)21-6-5-19-3-1-2-4-20(19)12-21/h1-10,12,18,22,30H,11,13-17H2. The number of hydrogen-bond acceptors (Lipinski definition) is 4. The van der Waals surface area contributed by atoms with Gasteiger partial charge in [-0.3, -0.25) is 9.69 Å². The molecule has 0 radical (unpaired) electrons. The maximum Gasteiger partial charge on any atom is 0.258 e. The van der Waals surface area contributed by atoms with Crippen molar-refractivity contribution >= 4 is 10.8 Å². The third-order valence-electron chi connectivity index (χ3n) is 6.99. The molecule has 2 aromatic heterocycles. The number of nitrogens with zero attached hydrogens (tertiary/aromatic N) is 2. The third kappa shape index (κ3) is 3.38. The van der Waals surface area contributed by atoms with Crippen molar-refractivity contribution in [2.24, 2.45) is 5.92 Å². The number of aromatic nitrogens is 1. The van der Waals surface area contributed by atoms with Gasteiger partial charge < -0.3 is 14.1 Å². The van der Waals surface area contributed by atoms with Crippen molar-refractivity contribution in [2.75, 3.05) is 13.1 Å². The maximum absolute atomic E-state index is 13.5. The fraction of sp³-hybridized carbons (Fsp3) is 0.296. The van der Waals surface area contributed by atoms with Crippen molar-refractivity contribution in [1.82, 2.24) is 9.47 Å². The Morgan fingerprint density at radius 1 is 0.906 bits per heavy atom. The van der Waals surface area contributed by atoms with E-state index in [0.29, 0.717) is 17.6 Å². The average molecular weight is 427 g/mol. The summed E-state index contributed by atoms with van der Waals surface area (Å²) < 4.78 is 7.72. The molecule has 2 aliphatic heterocycles. The molecule has 2 aliphatic rings. The fourth-order valence-corrected chi connectivity index (χ4v) is 5.56. The summed E-state index contributed by atoms with van der Waals surface area (Å²) >= 11 is 0. The highest BCUT2D eigenvalue weighted by Crippen LogP contribution is 2.36. The van der Waals surface area contributed by atoms with E-state index in [4.69, 9.17) is 4.42 Å². The molecule has 1 saturated heterocycles. The van der Waals surface area contributed by atoms with E-state index in [9.17, 15) is 9.90 Å².